The lowest BCUT2D eigenvalue weighted by atomic mass is 9.94. The van der Waals surface area contributed by atoms with E-state index in [2.05, 4.69) is 16.4 Å². The van der Waals surface area contributed by atoms with Gasteiger partial charge in [0, 0.05) is 0 Å². The highest BCUT2D eigenvalue weighted by atomic mass is 35.5. The standard InChI is InChI=1S/C12H14ClN3O/c1-3-12(4-2,8-14)16-11(17)9-6-5-7-10(13)15-9/h5-7H,3-4H2,1-2H3,(H,16,17). The van der Waals surface area contributed by atoms with Crippen molar-refractivity contribution in [1.82, 2.24) is 10.3 Å². The third-order valence-corrected chi connectivity index (χ3v) is 2.93. The van der Waals surface area contributed by atoms with Crippen LogP contribution in [0.2, 0.25) is 5.15 Å². The Balaban J connectivity index is 2.89. The van der Waals surface area contributed by atoms with Gasteiger partial charge in [0.2, 0.25) is 0 Å². The lowest BCUT2D eigenvalue weighted by Crippen LogP contribution is -2.46. The van der Waals surface area contributed by atoms with Crippen LogP contribution in [-0.4, -0.2) is 16.4 Å². The van der Waals surface area contributed by atoms with Crippen LogP contribution in [0.25, 0.3) is 0 Å². The van der Waals surface area contributed by atoms with Gasteiger partial charge in [0.1, 0.15) is 16.4 Å². The summed E-state index contributed by atoms with van der Waals surface area (Å²) in [5, 5.41) is 12.1. The first-order valence-corrected chi connectivity index (χ1v) is 5.81. The SMILES string of the molecule is CCC(C#N)(CC)NC(=O)c1cccc(Cl)n1. The van der Waals surface area contributed by atoms with Gasteiger partial charge in [-0.1, -0.05) is 31.5 Å². The molecule has 5 heteroatoms. The number of halogens is 1. The van der Waals surface area contributed by atoms with Crippen molar-refractivity contribution in [3.63, 3.8) is 0 Å². The molecule has 0 aliphatic heterocycles. The molecule has 90 valence electrons. The smallest absolute Gasteiger partial charge is 0.271 e. The molecule has 0 unspecified atom stereocenters. The largest absolute Gasteiger partial charge is 0.332 e. The maximum Gasteiger partial charge on any atom is 0.271 e. The molecule has 1 aromatic heterocycles. The molecule has 1 N–H and O–H groups in total. The van der Waals surface area contributed by atoms with Crippen molar-refractivity contribution in [2.75, 3.05) is 0 Å². The second kappa shape index (κ2) is 5.65. The van der Waals surface area contributed by atoms with E-state index in [1.54, 1.807) is 18.2 Å². The summed E-state index contributed by atoms with van der Waals surface area (Å²) in [6.07, 6.45) is 1.10. The van der Waals surface area contributed by atoms with Crippen molar-refractivity contribution in [1.29, 1.82) is 5.26 Å². The van der Waals surface area contributed by atoms with E-state index in [4.69, 9.17) is 16.9 Å². The normalized spacial score (nSPS) is 10.7. The number of nitrogens with one attached hydrogen (secondary N) is 1. The Morgan fingerprint density at radius 2 is 2.18 bits per heavy atom. The number of carbonyl (C=O) groups excluding carboxylic acids is 1. The summed E-state index contributed by atoms with van der Waals surface area (Å²) in [5.74, 6) is -0.377. The van der Waals surface area contributed by atoms with Gasteiger partial charge in [-0.3, -0.25) is 4.79 Å². The molecule has 0 aliphatic rings. The third kappa shape index (κ3) is 3.18. The van der Waals surface area contributed by atoms with E-state index in [-0.39, 0.29) is 16.8 Å². The van der Waals surface area contributed by atoms with Crippen LogP contribution in [0.15, 0.2) is 18.2 Å². The number of rotatable bonds is 4. The van der Waals surface area contributed by atoms with Crippen molar-refractivity contribution < 1.29 is 4.79 Å². The van der Waals surface area contributed by atoms with E-state index in [9.17, 15) is 4.79 Å². The lowest BCUT2D eigenvalue weighted by molar-refractivity contribution is 0.0910. The highest BCUT2D eigenvalue weighted by molar-refractivity contribution is 6.29. The fourth-order valence-corrected chi connectivity index (χ4v) is 1.59. The summed E-state index contributed by atoms with van der Waals surface area (Å²) in [6, 6.07) is 6.94. The minimum absolute atomic E-state index is 0.221. The van der Waals surface area contributed by atoms with Crippen LogP contribution < -0.4 is 5.32 Å². The van der Waals surface area contributed by atoms with Gasteiger partial charge >= 0.3 is 0 Å². The Morgan fingerprint density at radius 1 is 1.53 bits per heavy atom. The minimum atomic E-state index is -0.832. The van der Waals surface area contributed by atoms with Crippen LogP contribution in [0.4, 0.5) is 0 Å². The zero-order chi connectivity index (χ0) is 12.9. The van der Waals surface area contributed by atoms with Crippen molar-refractivity contribution in [3.05, 3.63) is 29.0 Å². The Kier molecular flexibility index (Phi) is 4.47. The Hall–Kier alpha value is -1.60. The molecule has 4 nitrogen and oxygen atoms in total. The van der Waals surface area contributed by atoms with Crippen LogP contribution in [0, 0.1) is 11.3 Å². The van der Waals surface area contributed by atoms with Crippen LogP contribution >= 0.6 is 11.6 Å². The van der Waals surface area contributed by atoms with Crippen molar-refractivity contribution in [3.8, 4) is 6.07 Å². The Morgan fingerprint density at radius 3 is 2.65 bits per heavy atom. The number of nitriles is 1. The third-order valence-electron chi connectivity index (χ3n) is 2.72. The molecule has 1 amide bonds. The van der Waals surface area contributed by atoms with Gasteiger partial charge in [0.05, 0.1) is 6.07 Å². The van der Waals surface area contributed by atoms with E-state index < -0.39 is 5.54 Å². The number of hydrogen-bond acceptors (Lipinski definition) is 3. The average Bonchev–Trinajstić information content (AvgIpc) is 2.36. The van der Waals surface area contributed by atoms with E-state index in [1.165, 1.54) is 0 Å². The van der Waals surface area contributed by atoms with Gasteiger partial charge in [-0.05, 0) is 25.0 Å². The molecule has 0 spiro atoms. The minimum Gasteiger partial charge on any atom is -0.332 e. The van der Waals surface area contributed by atoms with Gasteiger partial charge in [-0.2, -0.15) is 5.26 Å². The van der Waals surface area contributed by atoms with Crippen molar-refractivity contribution in [2.45, 2.75) is 32.2 Å². The molecule has 0 saturated carbocycles. The van der Waals surface area contributed by atoms with Crippen LogP contribution in [0.3, 0.4) is 0 Å². The van der Waals surface area contributed by atoms with E-state index in [0.717, 1.165) is 0 Å². The highest BCUT2D eigenvalue weighted by Gasteiger charge is 2.28. The summed E-state index contributed by atoms with van der Waals surface area (Å²) in [7, 11) is 0. The first kappa shape index (κ1) is 13.5. The fourth-order valence-electron chi connectivity index (χ4n) is 1.43. The van der Waals surface area contributed by atoms with Gasteiger partial charge in [0.25, 0.3) is 5.91 Å². The molecular weight excluding hydrogens is 238 g/mol. The number of aromatic nitrogens is 1. The molecule has 1 aromatic rings. The van der Waals surface area contributed by atoms with Gasteiger partial charge in [-0.25, -0.2) is 4.98 Å². The zero-order valence-electron chi connectivity index (χ0n) is 9.83. The first-order chi connectivity index (χ1) is 8.06. The molecule has 1 rings (SSSR count). The quantitative estimate of drug-likeness (QED) is 0.837. The summed E-state index contributed by atoms with van der Waals surface area (Å²) in [4.78, 5) is 15.8. The number of carbonyl (C=O) groups is 1. The van der Waals surface area contributed by atoms with E-state index in [1.807, 2.05) is 13.8 Å². The van der Waals surface area contributed by atoms with E-state index in [0.29, 0.717) is 12.8 Å². The molecule has 0 fully saturated rings. The predicted octanol–water partition coefficient (Wildman–Crippen LogP) is 2.55. The molecule has 1 heterocycles. The van der Waals surface area contributed by atoms with Gasteiger partial charge < -0.3 is 5.32 Å². The Labute approximate surface area is 106 Å². The predicted molar refractivity (Wildman–Crippen MR) is 65.6 cm³/mol. The summed E-state index contributed by atoms with van der Waals surface area (Å²) >= 11 is 5.71. The second-order valence-electron chi connectivity index (χ2n) is 3.70. The highest BCUT2D eigenvalue weighted by Crippen LogP contribution is 2.15. The van der Waals surface area contributed by atoms with Crippen LogP contribution in [0.5, 0.6) is 0 Å². The number of hydrogen-bond donors (Lipinski definition) is 1. The summed E-state index contributed by atoms with van der Waals surface area (Å²) in [5.41, 5.74) is -0.611. The molecule has 0 radical (unpaired) electrons. The molecule has 0 aromatic carbocycles. The van der Waals surface area contributed by atoms with Gasteiger partial charge in [-0.15, -0.1) is 0 Å². The number of nitrogens with zero attached hydrogens (tertiary/aromatic N) is 2. The van der Waals surface area contributed by atoms with Crippen molar-refractivity contribution >= 4 is 17.5 Å². The Bertz CT molecular complexity index is 449. The number of pyridine rings is 1. The molecule has 0 aliphatic carbocycles. The lowest BCUT2D eigenvalue weighted by Gasteiger charge is -2.24. The number of amides is 1. The van der Waals surface area contributed by atoms with E-state index >= 15 is 0 Å². The monoisotopic (exact) mass is 251 g/mol. The van der Waals surface area contributed by atoms with Crippen molar-refractivity contribution in [2.24, 2.45) is 0 Å². The fraction of sp³-hybridized carbons (Fsp3) is 0.417. The molecule has 17 heavy (non-hydrogen) atoms. The maximum atomic E-state index is 11.9. The first-order valence-electron chi connectivity index (χ1n) is 5.43. The average molecular weight is 252 g/mol. The van der Waals surface area contributed by atoms with Gasteiger partial charge in [0.15, 0.2) is 0 Å². The van der Waals surface area contributed by atoms with Crippen LogP contribution in [0.1, 0.15) is 37.2 Å². The zero-order valence-corrected chi connectivity index (χ0v) is 10.6. The molecule has 0 saturated heterocycles. The maximum absolute atomic E-state index is 11.9. The summed E-state index contributed by atoms with van der Waals surface area (Å²) in [6.45, 7) is 3.72. The summed E-state index contributed by atoms with van der Waals surface area (Å²) < 4.78 is 0. The molecule has 0 atom stereocenters. The second-order valence-corrected chi connectivity index (χ2v) is 4.09. The topological polar surface area (TPSA) is 65.8 Å². The van der Waals surface area contributed by atoms with Crippen LogP contribution in [-0.2, 0) is 0 Å². The molecule has 0 bridgehead atoms. The molecular formula is C12H14ClN3O.